The normalized spacial score (nSPS) is 14.1. The Bertz CT molecular complexity index is 379. The quantitative estimate of drug-likeness (QED) is 0.850. The van der Waals surface area contributed by atoms with Crippen molar-refractivity contribution in [2.24, 2.45) is 5.92 Å². The first-order valence-corrected chi connectivity index (χ1v) is 6.49. The van der Waals surface area contributed by atoms with E-state index in [1.165, 1.54) is 0 Å². The lowest BCUT2D eigenvalue weighted by Gasteiger charge is -2.20. The van der Waals surface area contributed by atoms with Gasteiger partial charge in [0.2, 0.25) is 0 Å². The second kappa shape index (κ2) is 6.77. The Morgan fingerprint density at radius 3 is 2.71 bits per heavy atom. The summed E-state index contributed by atoms with van der Waals surface area (Å²) in [6, 6.07) is 7.33. The minimum atomic E-state index is -0.823. The molecule has 0 amide bonds. The first kappa shape index (κ1) is 14.2. The van der Waals surface area contributed by atoms with Gasteiger partial charge in [-0.25, -0.2) is 0 Å². The van der Waals surface area contributed by atoms with E-state index in [4.69, 9.17) is 4.74 Å². The summed E-state index contributed by atoms with van der Waals surface area (Å²) in [5.74, 6) is -0.855. The zero-order chi connectivity index (χ0) is 12.8. The highest BCUT2D eigenvalue weighted by Crippen LogP contribution is 2.27. The van der Waals surface area contributed by atoms with Crippen LogP contribution in [0.25, 0.3) is 0 Å². The standard InChI is InChI=1S/C13H17BrO3/c1-3-11(13(16)17-4-2)12(15)9-6-5-7-10(14)8-9/h5-8,11-12,15H,3-4H2,1-2H3. The molecule has 1 aromatic carbocycles. The van der Waals surface area contributed by atoms with Gasteiger partial charge in [-0.15, -0.1) is 0 Å². The van der Waals surface area contributed by atoms with Gasteiger partial charge in [-0.3, -0.25) is 4.79 Å². The molecule has 1 aromatic rings. The molecule has 2 atom stereocenters. The maximum atomic E-state index is 11.7. The van der Waals surface area contributed by atoms with Crippen LogP contribution in [0, 0.1) is 5.92 Å². The zero-order valence-electron chi connectivity index (χ0n) is 10.0. The summed E-state index contributed by atoms with van der Waals surface area (Å²) in [6.45, 7) is 3.96. The van der Waals surface area contributed by atoms with Crippen LogP contribution in [0.3, 0.4) is 0 Å². The summed E-state index contributed by atoms with van der Waals surface area (Å²) in [6.07, 6.45) is -0.275. The number of aliphatic hydroxyl groups excluding tert-OH is 1. The summed E-state index contributed by atoms with van der Waals surface area (Å²) in [4.78, 5) is 11.7. The number of aliphatic hydroxyl groups is 1. The van der Waals surface area contributed by atoms with E-state index < -0.39 is 12.0 Å². The molecule has 1 N–H and O–H groups in total. The van der Waals surface area contributed by atoms with Gasteiger partial charge in [0, 0.05) is 4.47 Å². The number of esters is 1. The monoisotopic (exact) mass is 300 g/mol. The van der Waals surface area contributed by atoms with Crippen molar-refractivity contribution in [2.45, 2.75) is 26.4 Å². The molecule has 1 rings (SSSR count). The molecule has 4 heteroatoms. The maximum absolute atomic E-state index is 11.7. The van der Waals surface area contributed by atoms with E-state index in [2.05, 4.69) is 15.9 Å². The van der Waals surface area contributed by atoms with Crippen molar-refractivity contribution in [2.75, 3.05) is 6.61 Å². The summed E-state index contributed by atoms with van der Waals surface area (Å²) < 4.78 is 5.84. The molecule has 0 heterocycles. The van der Waals surface area contributed by atoms with Crippen molar-refractivity contribution in [3.05, 3.63) is 34.3 Å². The van der Waals surface area contributed by atoms with Crippen LogP contribution in [-0.2, 0) is 9.53 Å². The van der Waals surface area contributed by atoms with Crippen LogP contribution in [0.15, 0.2) is 28.7 Å². The summed E-state index contributed by atoms with van der Waals surface area (Å²) in [5.41, 5.74) is 0.722. The highest BCUT2D eigenvalue weighted by atomic mass is 79.9. The van der Waals surface area contributed by atoms with Crippen molar-refractivity contribution in [3.63, 3.8) is 0 Å². The molecule has 0 spiro atoms. The first-order chi connectivity index (χ1) is 8.10. The lowest BCUT2D eigenvalue weighted by atomic mass is 9.93. The van der Waals surface area contributed by atoms with Crippen LogP contribution in [-0.4, -0.2) is 17.7 Å². The SMILES string of the molecule is CCOC(=O)C(CC)C(O)c1cccc(Br)c1. The number of carbonyl (C=O) groups excluding carboxylic acids is 1. The highest BCUT2D eigenvalue weighted by Gasteiger charge is 2.27. The molecule has 0 radical (unpaired) electrons. The molecule has 2 unspecified atom stereocenters. The molecule has 94 valence electrons. The first-order valence-electron chi connectivity index (χ1n) is 5.70. The highest BCUT2D eigenvalue weighted by molar-refractivity contribution is 9.10. The van der Waals surface area contributed by atoms with Gasteiger partial charge in [-0.05, 0) is 31.0 Å². The lowest BCUT2D eigenvalue weighted by Crippen LogP contribution is -2.24. The molecule has 0 aliphatic rings. The molecule has 17 heavy (non-hydrogen) atoms. The topological polar surface area (TPSA) is 46.5 Å². The molecule has 0 aromatic heterocycles. The molecular formula is C13H17BrO3. The number of ether oxygens (including phenoxy) is 1. The fraction of sp³-hybridized carbons (Fsp3) is 0.462. The Kier molecular flexibility index (Phi) is 5.65. The van der Waals surface area contributed by atoms with E-state index in [1.807, 2.05) is 25.1 Å². The summed E-state index contributed by atoms with van der Waals surface area (Å²) in [5, 5.41) is 10.2. The van der Waals surface area contributed by atoms with Crippen molar-refractivity contribution >= 4 is 21.9 Å². The largest absolute Gasteiger partial charge is 0.466 e. The van der Waals surface area contributed by atoms with E-state index >= 15 is 0 Å². The molecule has 0 saturated carbocycles. The van der Waals surface area contributed by atoms with E-state index in [1.54, 1.807) is 13.0 Å². The Morgan fingerprint density at radius 1 is 1.47 bits per heavy atom. The molecule has 0 aliphatic carbocycles. The molecule has 0 bridgehead atoms. The number of carbonyl (C=O) groups is 1. The lowest BCUT2D eigenvalue weighted by molar-refractivity contribution is -0.152. The van der Waals surface area contributed by atoms with Gasteiger partial charge in [0.25, 0.3) is 0 Å². The Balaban J connectivity index is 2.85. The second-order valence-corrected chi connectivity index (χ2v) is 4.68. The number of hydrogen-bond acceptors (Lipinski definition) is 3. The summed E-state index contributed by atoms with van der Waals surface area (Å²) >= 11 is 3.34. The van der Waals surface area contributed by atoms with Gasteiger partial charge in [0.15, 0.2) is 0 Å². The average molecular weight is 301 g/mol. The van der Waals surface area contributed by atoms with E-state index in [-0.39, 0.29) is 5.97 Å². The van der Waals surface area contributed by atoms with E-state index in [9.17, 15) is 9.90 Å². The molecule has 0 aliphatic heterocycles. The number of halogens is 1. The minimum Gasteiger partial charge on any atom is -0.466 e. The van der Waals surface area contributed by atoms with Crippen LogP contribution >= 0.6 is 15.9 Å². The van der Waals surface area contributed by atoms with Gasteiger partial charge in [-0.2, -0.15) is 0 Å². The molecule has 0 fully saturated rings. The Morgan fingerprint density at radius 2 is 2.18 bits per heavy atom. The van der Waals surface area contributed by atoms with Gasteiger partial charge < -0.3 is 9.84 Å². The number of hydrogen-bond donors (Lipinski definition) is 1. The van der Waals surface area contributed by atoms with Crippen LogP contribution < -0.4 is 0 Å². The molecule has 3 nitrogen and oxygen atoms in total. The van der Waals surface area contributed by atoms with Crippen LogP contribution in [0.2, 0.25) is 0 Å². The van der Waals surface area contributed by atoms with Crippen LogP contribution in [0.4, 0.5) is 0 Å². The third kappa shape index (κ3) is 3.82. The predicted molar refractivity (Wildman–Crippen MR) is 69.5 cm³/mol. The van der Waals surface area contributed by atoms with Crippen molar-refractivity contribution in [1.29, 1.82) is 0 Å². The smallest absolute Gasteiger partial charge is 0.311 e. The van der Waals surface area contributed by atoms with Crippen LogP contribution in [0.5, 0.6) is 0 Å². The average Bonchev–Trinajstić information content (AvgIpc) is 2.30. The van der Waals surface area contributed by atoms with Crippen LogP contribution in [0.1, 0.15) is 31.9 Å². The van der Waals surface area contributed by atoms with Crippen molar-refractivity contribution < 1.29 is 14.6 Å². The fourth-order valence-corrected chi connectivity index (χ4v) is 2.11. The predicted octanol–water partition coefficient (Wildman–Crippen LogP) is 3.07. The third-order valence-corrected chi connectivity index (χ3v) is 3.09. The maximum Gasteiger partial charge on any atom is 0.311 e. The zero-order valence-corrected chi connectivity index (χ0v) is 11.6. The molecule has 0 saturated heterocycles. The minimum absolute atomic E-state index is 0.334. The Hall–Kier alpha value is -0.870. The third-order valence-electron chi connectivity index (χ3n) is 2.60. The van der Waals surface area contributed by atoms with Gasteiger partial charge >= 0.3 is 5.97 Å². The van der Waals surface area contributed by atoms with Gasteiger partial charge in [0.05, 0.1) is 18.6 Å². The number of benzene rings is 1. The second-order valence-electron chi connectivity index (χ2n) is 3.77. The molecular weight excluding hydrogens is 284 g/mol. The summed E-state index contributed by atoms with van der Waals surface area (Å²) in [7, 11) is 0. The van der Waals surface area contributed by atoms with Crippen molar-refractivity contribution in [1.82, 2.24) is 0 Å². The number of rotatable bonds is 5. The Labute approximate surface area is 110 Å². The fourth-order valence-electron chi connectivity index (χ4n) is 1.69. The van der Waals surface area contributed by atoms with E-state index in [0.29, 0.717) is 13.0 Å². The van der Waals surface area contributed by atoms with Gasteiger partial charge in [0.1, 0.15) is 0 Å². The van der Waals surface area contributed by atoms with E-state index in [0.717, 1.165) is 10.0 Å². The van der Waals surface area contributed by atoms with Crippen molar-refractivity contribution in [3.8, 4) is 0 Å². The van der Waals surface area contributed by atoms with Gasteiger partial charge in [-0.1, -0.05) is 35.0 Å².